The van der Waals surface area contributed by atoms with Crippen molar-refractivity contribution < 1.29 is 18.8 Å². The van der Waals surface area contributed by atoms with E-state index < -0.39 is 0 Å². The van der Waals surface area contributed by atoms with E-state index in [2.05, 4.69) is 17.1 Å². The second kappa shape index (κ2) is 6.14. The highest BCUT2D eigenvalue weighted by atomic mass is 16.6. The van der Waals surface area contributed by atoms with Crippen LogP contribution in [0.2, 0.25) is 0 Å². The summed E-state index contributed by atoms with van der Waals surface area (Å²) in [7, 11) is 0. The molecule has 0 spiro atoms. The largest absolute Gasteiger partial charge is 0.486 e. The molecule has 2 aliphatic heterocycles. The van der Waals surface area contributed by atoms with Crippen molar-refractivity contribution in [1.82, 2.24) is 10.1 Å². The third kappa shape index (κ3) is 2.70. The Kier molecular flexibility index (Phi) is 3.84. The molecule has 4 rings (SSSR count). The van der Waals surface area contributed by atoms with Gasteiger partial charge in [0.15, 0.2) is 17.3 Å². The van der Waals surface area contributed by atoms with Gasteiger partial charge in [0.2, 0.25) is 11.8 Å². The maximum Gasteiger partial charge on any atom is 0.232 e. The van der Waals surface area contributed by atoms with Gasteiger partial charge in [-0.05, 0) is 18.6 Å². The van der Waals surface area contributed by atoms with Crippen molar-refractivity contribution >= 4 is 11.6 Å². The van der Waals surface area contributed by atoms with Crippen LogP contribution in [0.15, 0.2) is 22.7 Å². The summed E-state index contributed by atoms with van der Waals surface area (Å²) in [6.45, 7) is 3.68. The van der Waals surface area contributed by atoms with Gasteiger partial charge in [-0.1, -0.05) is 12.1 Å². The Morgan fingerprint density at radius 3 is 2.92 bits per heavy atom. The topological polar surface area (TPSA) is 77.7 Å². The third-order valence-corrected chi connectivity index (χ3v) is 4.27. The molecule has 7 nitrogen and oxygen atoms in total. The monoisotopic (exact) mass is 329 g/mol. The van der Waals surface area contributed by atoms with Crippen LogP contribution in [0.25, 0.3) is 0 Å². The van der Waals surface area contributed by atoms with Gasteiger partial charge in [-0.15, -0.1) is 0 Å². The van der Waals surface area contributed by atoms with Gasteiger partial charge >= 0.3 is 0 Å². The van der Waals surface area contributed by atoms with Gasteiger partial charge in [0.05, 0.1) is 5.92 Å². The fraction of sp³-hybridized carbons (Fsp3) is 0.471. The molecule has 1 fully saturated rings. The van der Waals surface area contributed by atoms with Gasteiger partial charge in [0.25, 0.3) is 0 Å². The number of nitrogens with zero attached hydrogens (tertiary/aromatic N) is 3. The van der Waals surface area contributed by atoms with E-state index in [-0.39, 0.29) is 11.8 Å². The second-order valence-electron chi connectivity index (χ2n) is 6.03. The fourth-order valence-corrected chi connectivity index (χ4v) is 3.08. The first kappa shape index (κ1) is 15.0. The molecular weight excluding hydrogens is 310 g/mol. The number of carbonyl (C=O) groups is 1. The molecule has 0 radical (unpaired) electrons. The molecule has 3 heterocycles. The van der Waals surface area contributed by atoms with Crippen LogP contribution in [0.3, 0.4) is 0 Å². The van der Waals surface area contributed by atoms with Gasteiger partial charge in [-0.2, -0.15) is 4.98 Å². The number of amides is 1. The Labute approximate surface area is 139 Å². The number of hydrogen-bond donors (Lipinski definition) is 0. The van der Waals surface area contributed by atoms with E-state index in [4.69, 9.17) is 14.0 Å². The Morgan fingerprint density at radius 2 is 2.08 bits per heavy atom. The van der Waals surface area contributed by atoms with Crippen molar-refractivity contribution in [2.24, 2.45) is 0 Å². The van der Waals surface area contributed by atoms with Crippen LogP contribution in [0.4, 0.5) is 5.69 Å². The minimum atomic E-state index is -0.0659. The third-order valence-electron chi connectivity index (χ3n) is 4.27. The molecule has 1 atom stereocenters. The maximum atomic E-state index is 12.4. The summed E-state index contributed by atoms with van der Waals surface area (Å²) >= 11 is 0. The summed E-state index contributed by atoms with van der Waals surface area (Å²) < 4.78 is 16.5. The number of carbonyl (C=O) groups excluding carboxylic acids is 1. The molecule has 126 valence electrons. The molecule has 1 amide bonds. The molecule has 1 saturated heterocycles. The highest BCUT2D eigenvalue weighted by Crippen LogP contribution is 2.37. The lowest BCUT2D eigenvalue weighted by molar-refractivity contribution is -0.117. The fourth-order valence-electron chi connectivity index (χ4n) is 3.08. The minimum absolute atomic E-state index is 0.0481. The van der Waals surface area contributed by atoms with Crippen LogP contribution in [-0.2, 0) is 11.2 Å². The lowest BCUT2D eigenvalue weighted by atomic mass is 10.1. The summed E-state index contributed by atoms with van der Waals surface area (Å²) in [5.74, 6) is 2.63. The average molecular weight is 329 g/mol. The lowest BCUT2D eigenvalue weighted by Crippen LogP contribution is -2.24. The van der Waals surface area contributed by atoms with Crippen LogP contribution in [-0.4, -0.2) is 35.8 Å². The zero-order valence-electron chi connectivity index (χ0n) is 13.5. The van der Waals surface area contributed by atoms with Crippen molar-refractivity contribution in [3.63, 3.8) is 0 Å². The zero-order valence-corrected chi connectivity index (χ0v) is 13.5. The summed E-state index contributed by atoms with van der Waals surface area (Å²) in [6, 6.07) is 5.58. The number of benzene rings is 1. The summed E-state index contributed by atoms with van der Waals surface area (Å²) in [6.07, 6.45) is 2.13. The molecule has 0 saturated carbocycles. The number of aryl methyl sites for hydroxylation is 1. The van der Waals surface area contributed by atoms with Gasteiger partial charge in [0, 0.05) is 31.1 Å². The van der Waals surface area contributed by atoms with E-state index in [1.165, 1.54) is 0 Å². The number of ether oxygens (including phenoxy) is 2. The number of hydrogen-bond acceptors (Lipinski definition) is 6. The van der Waals surface area contributed by atoms with Crippen LogP contribution >= 0.6 is 0 Å². The summed E-state index contributed by atoms with van der Waals surface area (Å²) in [5.41, 5.74) is 0.806. The number of fused-ring (bicyclic) bond motifs is 1. The first-order chi connectivity index (χ1) is 11.7. The first-order valence-corrected chi connectivity index (χ1v) is 8.27. The van der Waals surface area contributed by atoms with Gasteiger partial charge in [-0.3, -0.25) is 4.79 Å². The Bertz CT molecular complexity index is 758. The Morgan fingerprint density at radius 1 is 1.25 bits per heavy atom. The molecule has 1 aromatic heterocycles. The molecule has 7 heteroatoms. The first-order valence-electron chi connectivity index (χ1n) is 8.27. The van der Waals surface area contributed by atoms with Crippen molar-refractivity contribution in [2.45, 2.75) is 32.1 Å². The average Bonchev–Trinajstić information content (AvgIpc) is 3.21. The van der Waals surface area contributed by atoms with Crippen LogP contribution in [0.5, 0.6) is 11.5 Å². The minimum Gasteiger partial charge on any atom is -0.486 e. The summed E-state index contributed by atoms with van der Waals surface area (Å²) in [4.78, 5) is 18.6. The van der Waals surface area contributed by atoms with E-state index in [1.54, 1.807) is 4.90 Å². The Hall–Kier alpha value is -2.57. The molecule has 0 N–H and O–H groups in total. The van der Waals surface area contributed by atoms with Gasteiger partial charge in [-0.25, -0.2) is 0 Å². The smallest absolute Gasteiger partial charge is 0.232 e. The molecule has 24 heavy (non-hydrogen) atoms. The van der Waals surface area contributed by atoms with Crippen molar-refractivity contribution in [1.29, 1.82) is 0 Å². The normalized spacial score (nSPS) is 19.8. The van der Waals surface area contributed by atoms with E-state index in [0.717, 1.165) is 18.5 Å². The summed E-state index contributed by atoms with van der Waals surface area (Å²) in [5, 5.41) is 3.98. The highest BCUT2D eigenvalue weighted by molar-refractivity contribution is 5.96. The van der Waals surface area contributed by atoms with Crippen LogP contribution in [0, 0.1) is 0 Å². The zero-order chi connectivity index (χ0) is 16.5. The predicted octanol–water partition coefficient (Wildman–Crippen LogP) is 2.31. The van der Waals surface area contributed by atoms with E-state index in [0.29, 0.717) is 49.4 Å². The quantitative estimate of drug-likeness (QED) is 0.856. The number of aromatic nitrogens is 2. The lowest BCUT2D eigenvalue weighted by Gasteiger charge is -2.22. The van der Waals surface area contributed by atoms with Crippen LogP contribution in [0.1, 0.15) is 37.4 Å². The molecule has 2 aliphatic rings. The van der Waals surface area contributed by atoms with Gasteiger partial charge < -0.3 is 18.9 Å². The van der Waals surface area contributed by atoms with Crippen molar-refractivity contribution in [2.75, 3.05) is 24.7 Å². The highest BCUT2D eigenvalue weighted by Gasteiger charge is 2.35. The van der Waals surface area contributed by atoms with E-state index in [1.807, 2.05) is 18.2 Å². The molecular formula is C17H19N3O4. The SMILES string of the molecule is CCCc1noc([C@@H]2CC(=O)N(c3ccc4c(c3)OCCO4)C2)n1. The molecule has 0 aliphatic carbocycles. The molecule has 0 unspecified atom stereocenters. The molecule has 0 bridgehead atoms. The standard InChI is InChI=1S/C17H19N3O4/c1-2-3-15-18-17(24-19-15)11-8-16(21)20(10-11)12-4-5-13-14(9-12)23-7-6-22-13/h4-5,9,11H,2-3,6-8,10H2,1H3/t11-/m1/s1. The van der Waals surface area contributed by atoms with E-state index in [9.17, 15) is 4.79 Å². The maximum absolute atomic E-state index is 12.4. The van der Waals surface area contributed by atoms with Crippen molar-refractivity contribution in [3.8, 4) is 11.5 Å². The van der Waals surface area contributed by atoms with Crippen LogP contribution < -0.4 is 14.4 Å². The number of rotatable bonds is 4. The predicted molar refractivity (Wildman–Crippen MR) is 85.4 cm³/mol. The van der Waals surface area contributed by atoms with Gasteiger partial charge in [0.1, 0.15) is 13.2 Å². The molecule has 2 aromatic rings. The van der Waals surface area contributed by atoms with E-state index >= 15 is 0 Å². The molecule has 1 aromatic carbocycles. The second-order valence-corrected chi connectivity index (χ2v) is 6.03. The van der Waals surface area contributed by atoms with Crippen molar-refractivity contribution in [3.05, 3.63) is 29.9 Å². The number of anilines is 1. The Balaban J connectivity index is 1.53.